The molecule has 18 heavy (non-hydrogen) atoms. The highest BCUT2D eigenvalue weighted by molar-refractivity contribution is 7.80. The van der Waals surface area contributed by atoms with E-state index < -0.39 is 5.17 Å². The van der Waals surface area contributed by atoms with E-state index in [0.29, 0.717) is 21.8 Å². The molecule has 0 aliphatic heterocycles. The van der Waals surface area contributed by atoms with Crippen molar-refractivity contribution in [3.05, 3.63) is 33.8 Å². The molecule has 1 aromatic rings. The normalized spacial score (nSPS) is 8.83. The van der Waals surface area contributed by atoms with E-state index >= 15 is 0 Å². The summed E-state index contributed by atoms with van der Waals surface area (Å²) in [5.74, 6) is 0. The summed E-state index contributed by atoms with van der Waals surface area (Å²) in [6.07, 6.45) is 0. The summed E-state index contributed by atoms with van der Waals surface area (Å²) in [6.45, 7) is 0.463. The summed E-state index contributed by atoms with van der Waals surface area (Å²) >= 11 is 20.6. The smallest absolute Gasteiger partial charge is 0.256 e. The zero-order chi connectivity index (χ0) is 14.1. The van der Waals surface area contributed by atoms with Crippen LogP contribution in [-0.2, 0) is 11.3 Å². The molecule has 4 nitrogen and oxygen atoms in total. The Kier molecular flexibility index (Phi) is 8.74. The molecule has 0 atom stereocenters. The Labute approximate surface area is 126 Å². The van der Waals surface area contributed by atoms with Crippen molar-refractivity contribution in [2.24, 2.45) is 5.73 Å². The van der Waals surface area contributed by atoms with Gasteiger partial charge in [-0.15, -0.1) is 0 Å². The van der Waals surface area contributed by atoms with Gasteiger partial charge < -0.3 is 20.9 Å². The molecule has 4 N–H and O–H groups in total. The van der Waals surface area contributed by atoms with Gasteiger partial charge in [-0.1, -0.05) is 29.3 Å². The van der Waals surface area contributed by atoms with Crippen molar-refractivity contribution in [1.82, 2.24) is 5.32 Å². The molecule has 1 aromatic carbocycles. The molecule has 0 saturated heterocycles. The number of hydrogen-bond donors (Lipinski definition) is 3. The third-order valence-electron chi connectivity index (χ3n) is 1.66. The average Bonchev–Trinajstić information content (AvgIpc) is 2.27. The van der Waals surface area contributed by atoms with Crippen molar-refractivity contribution >= 4 is 58.0 Å². The lowest BCUT2D eigenvalue weighted by atomic mass is 10.2. The van der Waals surface area contributed by atoms with Crippen LogP contribution >= 0.6 is 47.6 Å². The SMILES string of the molecule is COC(=S)NCc1c(Cl)cccc1Cl.NC(O)=S. The van der Waals surface area contributed by atoms with Gasteiger partial charge in [-0.25, -0.2) is 0 Å². The average molecular weight is 327 g/mol. The molecule has 0 amide bonds. The van der Waals surface area contributed by atoms with Crippen LogP contribution in [0, 0.1) is 0 Å². The number of hydrogen-bond acceptors (Lipinski definition) is 3. The van der Waals surface area contributed by atoms with E-state index in [2.05, 4.69) is 23.3 Å². The molecule has 0 aliphatic rings. The lowest BCUT2D eigenvalue weighted by molar-refractivity contribution is 0.392. The van der Waals surface area contributed by atoms with E-state index in [-0.39, 0.29) is 0 Å². The number of methoxy groups -OCH3 is 1. The van der Waals surface area contributed by atoms with Crippen LogP contribution < -0.4 is 11.1 Å². The molecule has 0 spiro atoms. The molecule has 0 unspecified atom stereocenters. The molecule has 0 saturated carbocycles. The fourth-order valence-corrected chi connectivity index (χ4v) is 1.54. The fourth-order valence-electron chi connectivity index (χ4n) is 0.934. The maximum Gasteiger partial charge on any atom is 0.256 e. The Bertz CT molecular complexity index is 406. The predicted molar refractivity (Wildman–Crippen MR) is 82.3 cm³/mol. The van der Waals surface area contributed by atoms with E-state index in [9.17, 15) is 0 Å². The Balaban J connectivity index is 0.000000631. The van der Waals surface area contributed by atoms with Crippen molar-refractivity contribution in [3.8, 4) is 0 Å². The summed E-state index contributed by atoms with van der Waals surface area (Å²) in [7, 11) is 1.50. The van der Waals surface area contributed by atoms with Crippen LogP contribution in [0.5, 0.6) is 0 Å². The number of rotatable bonds is 2. The van der Waals surface area contributed by atoms with E-state index in [1.165, 1.54) is 7.11 Å². The van der Waals surface area contributed by atoms with Crippen LogP contribution in [0.1, 0.15) is 5.56 Å². The molecule has 0 fully saturated rings. The van der Waals surface area contributed by atoms with Crippen LogP contribution in [0.3, 0.4) is 0 Å². The van der Waals surface area contributed by atoms with Crippen molar-refractivity contribution in [2.45, 2.75) is 6.54 Å². The van der Waals surface area contributed by atoms with Crippen molar-refractivity contribution in [1.29, 1.82) is 0 Å². The minimum absolute atomic E-state index is 0.320. The first kappa shape index (κ1) is 17.2. The minimum Gasteiger partial charge on any atom is -0.487 e. The third kappa shape index (κ3) is 7.50. The molecule has 8 heteroatoms. The minimum atomic E-state index is -0.500. The zero-order valence-electron chi connectivity index (χ0n) is 9.44. The van der Waals surface area contributed by atoms with Gasteiger partial charge in [0, 0.05) is 22.2 Å². The van der Waals surface area contributed by atoms with Gasteiger partial charge in [-0.2, -0.15) is 0 Å². The fraction of sp³-hybridized carbons (Fsp3) is 0.200. The maximum atomic E-state index is 7.56. The lowest BCUT2D eigenvalue weighted by Gasteiger charge is -2.09. The number of aliphatic hydroxyl groups excluding tert-OH is 1. The largest absolute Gasteiger partial charge is 0.487 e. The number of aliphatic hydroxyl groups is 1. The molecule has 0 heterocycles. The van der Waals surface area contributed by atoms with Gasteiger partial charge in [-0.05, 0) is 36.6 Å². The Morgan fingerprint density at radius 2 is 1.83 bits per heavy atom. The molecule has 0 aromatic heterocycles. The molecule has 0 radical (unpaired) electrons. The summed E-state index contributed by atoms with van der Waals surface area (Å²) in [5, 5.41) is 11.5. The quantitative estimate of drug-likeness (QED) is 0.726. The number of thiocarbonyl (C=S) groups is 2. The number of benzene rings is 1. The van der Waals surface area contributed by atoms with Gasteiger partial charge in [0.1, 0.15) is 0 Å². The first-order chi connectivity index (χ1) is 8.38. The predicted octanol–water partition coefficient (Wildman–Crippen LogP) is 2.80. The van der Waals surface area contributed by atoms with Crippen LogP contribution in [-0.4, -0.2) is 22.6 Å². The molecular formula is C10H12Cl2N2O2S2. The molecule has 1 rings (SSSR count). The summed E-state index contributed by atoms with van der Waals surface area (Å²) < 4.78 is 4.79. The van der Waals surface area contributed by atoms with Gasteiger partial charge in [0.2, 0.25) is 0 Å². The number of nitrogens with one attached hydrogen (secondary N) is 1. The molecular weight excluding hydrogens is 315 g/mol. The lowest BCUT2D eigenvalue weighted by Crippen LogP contribution is -2.22. The molecule has 100 valence electrons. The van der Waals surface area contributed by atoms with Crippen LogP contribution in [0.4, 0.5) is 0 Å². The van der Waals surface area contributed by atoms with Gasteiger partial charge in [0.15, 0.2) is 0 Å². The Morgan fingerprint density at radius 3 is 2.22 bits per heavy atom. The highest BCUT2D eigenvalue weighted by Crippen LogP contribution is 2.23. The van der Waals surface area contributed by atoms with Crippen LogP contribution in [0.15, 0.2) is 18.2 Å². The summed E-state index contributed by atoms with van der Waals surface area (Å²) in [6, 6.07) is 5.35. The second-order valence-electron chi connectivity index (χ2n) is 2.88. The second kappa shape index (κ2) is 9.16. The molecule has 0 bridgehead atoms. The van der Waals surface area contributed by atoms with Gasteiger partial charge in [0.25, 0.3) is 10.3 Å². The van der Waals surface area contributed by atoms with Gasteiger partial charge in [0.05, 0.1) is 7.11 Å². The van der Waals surface area contributed by atoms with E-state index in [1.807, 2.05) is 0 Å². The topological polar surface area (TPSA) is 67.5 Å². The third-order valence-corrected chi connectivity index (χ3v) is 2.68. The summed E-state index contributed by atoms with van der Waals surface area (Å²) in [5.41, 5.74) is 5.21. The zero-order valence-corrected chi connectivity index (χ0v) is 12.6. The molecule has 0 aliphatic carbocycles. The summed E-state index contributed by atoms with van der Waals surface area (Å²) in [4.78, 5) is 0. The Morgan fingerprint density at radius 1 is 1.39 bits per heavy atom. The van der Waals surface area contributed by atoms with E-state index in [1.54, 1.807) is 18.2 Å². The Hall–Kier alpha value is -0.820. The van der Waals surface area contributed by atoms with E-state index in [0.717, 1.165) is 5.56 Å². The second-order valence-corrected chi connectivity index (χ2v) is 4.49. The first-order valence-electron chi connectivity index (χ1n) is 4.61. The monoisotopic (exact) mass is 326 g/mol. The van der Waals surface area contributed by atoms with Crippen LogP contribution in [0.25, 0.3) is 0 Å². The van der Waals surface area contributed by atoms with Crippen LogP contribution in [0.2, 0.25) is 10.0 Å². The standard InChI is InChI=1S/C9H9Cl2NOS.CH3NOS/c1-13-9(14)12-5-6-7(10)3-2-4-8(6)11;2-1(3)4/h2-4H,5H2,1H3,(H,12,14);(H3,2,3,4). The number of ether oxygens (including phenoxy) is 1. The van der Waals surface area contributed by atoms with Crippen molar-refractivity contribution < 1.29 is 9.84 Å². The van der Waals surface area contributed by atoms with Gasteiger partial charge >= 0.3 is 0 Å². The highest BCUT2D eigenvalue weighted by atomic mass is 35.5. The van der Waals surface area contributed by atoms with Gasteiger partial charge in [-0.3, -0.25) is 0 Å². The van der Waals surface area contributed by atoms with E-state index in [4.69, 9.17) is 45.3 Å². The number of nitrogens with two attached hydrogens (primary N) is 1. The maximum absolute atomic E-state index is 7.56. The van der Waals surface area contributed by atoms with Crippen molar-refractivity contribution in [3.63, 3.8) is 0 Å². The van der Waals surface area contributed by atoms with Crippen molar-refractivity contribution in [2.75, 3.05) is 7.11 Å². The number of halogens is 2. The first-order valence-corrected chi connectivity index (χ1v) is 6.18. The highest BCUT2D eigenvalue weighted by Gasteiger charge is 2.05.